The van der Waals surface area contributed by atoms with Crippen LogP contribution in [0.2, 0.25) is 0 Å². The third-order valence-corrected chi connectivity index (χ3v) is 1.64. The van der Waals surface area contributed by atoms with Crippen LogP contribution in [0.3, 0.4) is 0 Å². The standard InChI is InChI=1S/C8H17NO/c1-6-10-7(2)8(3,4)9-5/h9H,2,6H2,1,3-5H3. The Morgan fingerprint density at radius 3 is 2.40 bits per heavy atom. The Bertz CT molecular complexity index is 118. The van der Waals surface area contributed by atoms with Crippen molar-refractivity contribution in [1.29, 1.82) is 0 Å². The molecule has 0 aromatic heterocycles. The van der Waals surface area contributed by atoms with Crippen LogP contribution >= 0.6 is 0 Å². The van der Waals surface area contributed by atoms with E-state index in [1.807, 2.05) is 27.8 Å². The molecular weight excluding hydrogens is 126 g/mol. The largest absolute Gasteiger partial charge is 0.497 e. The van der Waals surface area contributed by atoms with Crippen LogP contribution in [0.5, 0.6) is 0 Å². The quantitative estimate of drug-likeness (QED) is 0.603. The Hall–Kier alpha value is -0.500. The maximum atomic E-state index is 5.24. The zero-order chi connectivity index (χ0) is 8.20. The van der Waals surface area contributed by atoms with Gasteiger partial charge in [0.1, 0.15) is 5.76 Å². The number of ether oxygens (including phenoxy) is 1. The molecule has 2 heteroatoms. The molecule has 0 rings (SSSR count). The van der Waals surface area contributed by atoms with Crippen LogP contribution in [0, 0.1) is 0 Å². The van der Waals surface area contributed by atoms with Gasteiger partial charge in [-0.3, -0.25) is 0 Å². The summed E-state index contributed by atoms with van der Waals surface area (Å²) >= 11 is 0. The van der Waals surface area contributed by atoms with E-state index < -0.39 is 0 Å². The van der Waals surface area contributed by atoms with E-state index >= 15 is 0 Å². The smallest absolute Gasteiger partial charge is 0.108 e. The highest BCUT2D eigenvalue weighted by molar-refractivity contribution is 5.04. The Morgan fingerprint density at radius 2 is 2.10 bits per heavy atom. The van der Waals surface area contributed by atoms with E-state index in [4.69, 9.17) is 4.74 Å². The van der Waals surface area contributed by atoms with Gasteiger partial charge in [-0.2, -0.15) is 0 Å². The Kier molecular flexibility index (Phi) is 3.43. The molecule has 0 fully saturated rings. The highest BCUT2D eigenvalue weighted by Crippen LogP contribution is 2.13. The SMILES string of the molecule is C=C(OCC)C(C)(C)NC. The van der Waals surface area contributed by atoms with Crippen LogP contribution in [-0.4, -0.2) is 19.2 Å². The second-order valence-electron chi connectivity index (χ2n) is 2.73. The summed E-state index contributed by atoms with van der Waals surface area (Å²) in [4.78, 5) is 0. The second kappa shape index (κ2) is 3.62. The molecule has 0 spiro atoms. The van der Waals surface area contributed by atoms with Gasteiger partial charge in [-0.1, -0.05) is 6.58 Å². The molecule has 0 heterocycles. The van der Waals surface area contributed by atoms with Crippen molar-refractivity contribution in [2.75, 3.05) is 13.7 Å². The zero-order valence-electron chi connectivity index (χ0n) is 7.32. The van der Waals surface area contributed by atoms with E-state index in [-0.39, 0.29) is 5.54 Å². The molecule has 0 atom stereocenters. The van der Waals surface area contributed by atoms with Crippen molar-refractivity contribution in [3.05, 3.63) is 12.3 Å². The number of hydrogen-bond acceptors (Lipinski definition) is 2. The lowest BCUT2D eigenvalue weighted by Crippen LogP contribution is -2.38. The van der Waals surface area contributed by atoms with Gasteiger partial charge in [-0.25, -0.2) is 0 Å². The van der Waals surface area contributed by atoms with E-state index in [1.54, 1.807) is 0 Å². The summed E-state index contributed by atoms with van der Waals surface area (Å²) in [7, 11) is 1.89. The first-order valence-corrected chi connectivity index (χ1v) is 3.55. The zero-order valence-corrected chi connectivity index (χ0v) is 7.32. The Morgan fingerprint density at radius 1 is 1.60 bits per heavy atom. The molecular formula is C8H17NO. The van der Waals surface area contributed by atoms with E-state index in [0.29, 0.717) is 6.61 Å². The molecule has 2 nitrogen and oxygen atoms in total. The van der Waals surface area contributed by atoms with Gasteiger partial charge in [0.2, 0.25) is 0 Å². The molecule has 0 aliphatic carbocycles. The van der Waals surface area contributed by atoms with Gasteiger partial charge in [0.05, 0.1) is 12.1 Å². The number of hydrogen-bond donors (Lipinski definition) is 1. The lowest BCUT2D eigenvalue weighted by atomic mass is 10.0. The van der Waals surface area contributed by atoms with Crippen LogP contribution in [0.25, 0.3) is 0 Å². The van der Waals surface area contributed by atoms with E-state index in [9.17, 15) is 0 Å². The van der Waals surface area contributed by atoms with Crippen molar-refractivity contribution < 1.29 is 4.74 Å². The summed E-state index contributed by atoms with van der Waals surface area (Å²) in [5, 5.41) is 3.10. The number of nitrogens with one attached hydrogen (secondary N) is 1. The highest BCUT2D eigenvalue weighted by Gasteiger charge is 2.19. The molecule has 1 N–H and O–H groups in total. The average molecular weight is 143 g/mol. The maximum Gasteiger partial charge on any atom is 0.108 e. The van der Waals surface area contributed by atoms with Crippen molar-refractivity contribution in [3.63, 3.8) is 0 Å². The number of rotatable bonds is 4. The molecule has 0 bridgehead atoms. The first-order chi connectivity index (χ1) is 4.54. The Balaban J connectivity index is 3.91. The summed E-state index contributed by atoms with van der Waals surface area (Å²) in [5.74, 6) is 0.789. The molecule has 0 aromatic rings. The molecule has 0 amide bonds. The molecule has 0 aromatic carbocycles. The monoisotopic (exact) mass is 143 g/mol. The lowest BCUT2D eigenvalue weighted by Gasteiger charge is -2.25. The fourth-order valence-electron chi connectivity index (χ4n) is 0.494. The molecule has 10 heavy (non-hydrogen) atoms. The molecule has 0 saturated carbocycles. The minimum atomic E-state index is -0.115. The summed E-state index contributed by atoms with van der Waals surface area (Å²) in [6.45, 7) is 10.5. The van der Waals surface area contributed by atoms with E-state index in [0.717, 1.165) is 5.76 Å². The first kappa shape index (κ1) is 9.50. The van der Waals surface area contributed by atoms with Crippen molar-refractivity contribution in [2.45, 2.75) is 26.3 Å². The minimum absolute atomic E-state index is 0.115. The summed E-state index contributed by atoms with van der Waals surface area (Å²) in [5.41, 5.74) is -0.115. The molecule has 0 saturated heterocycles. The highest BCUT2D eigenvalue weighted by atomic mass is 16.5. The third kappa shape index (κ3) is 2.40. The summed E-state index contributed by atoms with van der Waals surface area (Å²) in [6.07, 6.45) is 0. The fraction of sp³-hybridized carbons (Fsp3) is 0.750. The number of likely N-dealkylation sites (N-methyl/N-ethyl adjacent to an activating group) is 1. The molecule has 0 radical (unpaired) electrons. The molecule has 0 aliphatic heterocycles. The minimum Gasteiger partial charge on any atom is -0.497 e. The van der Waals surface area contributed by atoms with Gasteiger partial charge in [-0.15, -0.1) is 0 Å². The van der Waals surface area contributed by atoms with Crippen LogP contribution in [-0.2, 0) is 4.74 Å². The van der Waals surface area contributed by atoms with Crippen molar-refractivity contribution in [2.24, 2.45) is 0 Å². The predicted octanol–water partition coefficient (Wildman–Crippen LogP) is 1.53. The van der Waals surface area contributed by atoms with E-state index in [1.165, 1.54) is 0 Å². The topological polar surface area (TPSA) is 21.3 Å². The van der Waals surface area contributed by atoms with Crippen molar-refractivity contribution in [1.82, 2.24) is 5.32 Å². The van der Waals surface area contributed by atoms with Gasteiger partial charge in [0.15, 0.2) is 0 Å². The average Bonchev–Trinajstić information content (AvgIpc) is 1.89. The first-order valence-electron chi connectivity index (χ1n) is 3.55. The summed E-state index contributed by atoms with van der Waals surface area (Å²) in [6, 6.07) is 0. The van der Waals surface area contributed by atoms with Crippen LogP contribution in [0.4, 0.5) is 0 Å². The summed E-state index contributed by atoms with van der Waals surface area (Å²) < 4.78 is 5.24. The van der Waals surface area contributed by atoms with Gasteiger partial charge >= 0.3 is 0 Å². The predicted molar refractivity (Wildman–Crippen MR) is 43.9 cm³/mol. The maximum absolute atomic E-state index is 5.24. The fourth-order valence-corrected chi connectivity index (χ4v) is 0.494. The van der Waals surface area contributed by atoms with E-state index in [2.05, 4.69) is 11.9 Å². The third-order valence-electron chi connectivity index (χ3n) is 1.64. The molecule has 0 aliphatic rings. The normalized spacial score (nSPS) is 11.2. The van der Waals surface area contributed by atoms with Crippen molar-refractivity contribution >= 4 is 0 Å². The van der Waals surface area contributed by atoms with Gasteiger partial charge in [-0.05, 0) is 27.8 Å². The lowest BCUT2D eigenvalue weighted by molar-refractivity contribution is 0.177. The molecule has 0 unspecified atom stereocenters. The van der Waals surface area contributed by atoms with Gasteiger partial charge in [0, 0.05) is 0 Å². The second-order valence-corrected chi connectivity index (χ2v) is 2.73. The van der Waals surface area contributed by atoms with Crippen molar-refractivity contribution in [3.8, 4) is 0 Å². The Labute approximate surface area is 63.3 Å². The van der Waals surface area contributed by atoms with Crippen LogP contribution in [0.1, 0.15) is 20.8 Å². The van der Waals surface area contributed by atoms with Gasteiger partial charge in [0.25, 0.3) is 0 Å². The van der Waals surface area contributed by atoms with Gasteiger partial charge < -0.3 is 10.1 Å². The molecule has 60 valence electrons. The van der Waals surface area contributed by atoms with Crippen LogP contribution in [0.15, 0.2) is 12.3 Å². The van der Waals surface area contributed by atoms with Crippen LogP contribution < -0.4 is 5.32 Å².